The Hall–Kier alpha value is -4.93. The highest BCUT2D eigenvalue weighted by Gasteiger charge is 2.26. The van der Waals surface area contributed by atoms with Crippen molar-refractivity contribution in [1.29, 1.82) is 0 Å². The number of benzene rings is 7. The molecule has 0 saturated heterocycles. The van der Waals surface area contributed by atoms with Gasteiger partial charge in [-0.25, -0.2) is 0 Å². The summed E-state index contributed by atoms with van der Waals surface area (Å²) in [7, 11) is 0. The van der Waals surface area contributed by atoms with Crippen molar-refractivity contribution in [3.05, 3.63) is 172 Å². The smallest absolute Gasteiger partial charge is 0.0541 e. The van der Waals surface area contributed by atoms with Crippen molar-refractivity contribution >= 4 is 44.4 Å². The van der Waals surface area contributed by atoms with Crippen molar-refractivity contribution in [2.45, 2.75) is 6.42 Å². The fourth-order valence-corrected chi connectivity index (χ4v) is 8.00. The lowest BCUT2D eigenvalue weighted by molar-refractivity contribution is 1.18. The number of halogens is 1. The molecule has 1 aliphatic rings. The predicted octanol–water partition coefficient (Wildman–Crippen LogP) is 12.0. The van der Waals surface area contributed by atoms with Crippen molar-refractivity contribution in [3.63, 3.8) is 0 Å². The van der Waals surface area contributed by atoms with Crippen LogP contribution in [0.1, 0.15) is 11.1 Å². The molecule has 0 spiro atoms. The summed E-state index contributed by atoms with van der Waals surface area (Å²) in [4.78, 5) is 0. The molecule has 0 bridgehead atoms. The Bertz CT molecular complexity index is 2390. The number of fused-ring (bicyclic) bond motifs is 6. The van der Waals surface area contributed by atoms with Crippen molar-refractivity contribution in [2.24, 2.45) is 0 Å². The number of rotatable bonds is 4. The first-order valence-corrected chi connectivity index (χ1v) is 16.5. The minimum absolute atomic E-state index is 0.937. The van der Waals surface area contributed by atoms with Gasteiger partial charge in [0.25, 0.3) is 0 Å². The zero-order valence-corrected chi connectivity index (χ0v) is 26.7. The van der Waals surface area contributed by atoms with Gasteiger partial charge in [-0.1, -0.05) is 103 Å². The highest BCUT2D eigenvalue weighted by molar-refractivity contribution is 14.1. The van der Waals surface area contributed by atoms with Gasteiger partial charge in [-0.2, -0.15) is 0 Å². The first-order valence-electron chi connectivity index (χ1n) is 15.4. The minimum atomic E-state index is 0.937. The standard InChI is InChI=1S/C43H28IN/c44-41-26-32(29-14-6-2-7-15-29)25-37-36-24-31(28-12-4-1-5-13-28)23-35(38(36)27-39(37)41)30-20-21-43-40(22-30)34-18-10-11-19-42(34)45(43)33-16-8-3-9-17-33/h1-26H,27H2. The second-order valence-electron chi connectivity index (χ2n) is 11.9. The minimum Gasteiger partial charge on any atom is -0.309 e. The molecule has 8 aromatic rings. The van der Waals surface area contributed by atoms with Gasteiger partial charge in [0.2, 0.25) is 0 Å². The molecule has 0 aliphatic heterocycles. The maximum absolute atomic E-state index is 2.55. The highest BCUT2D eigenvalue weighted by atomic mass is 127. The van der Waals surface area contributed by atoms with Gasteiger partial charge < -0.3 is 4.57 Å². The molecule has 1 heterocycles. The van der Waals surface area contributed by atoms with Crippen molar-refractivity contribution < 1.29 is 0 Å². The molecular formula is C43H28IN. The Morgan fingerprint density at radius 3 is 1.67 bits per heavy atom. The Labute approximate surface area is 276 Å². The third-order valence-corrected chi connectivity index (χ3v) is 10.3. The molecular weight excluding hydrogens is 657 g/mol. The zero-order chi connectivity index (χ0) is 29.9. The van der Waals surface area contributed by atoms with E-state index in [1.54, 1.807) is 0 Å². The SMILES string of the molecule is Ic1cc(-c2ccccc2)cc2c1Cc1c(-c3ccc4c(c3)c3ccccc3n4-c3ccccc3)cc(-c3ccccc3)cc1-2. The number of hydrogen-bond acceptors (Lipinski definition) is 0. The molecule has 1 nitrogen and oxygen atoms in total. The molecule has 2 heteroatoms. The molecule has 9 rings (SSSR count). The van der Waals surface area contributed by atoms with Gasteiger partial charge >= 0.3 is 0 Å². The average Bonchev–Trinajstić information content (AvgIpc) is 3.65. The van der Waals surface area contributed by atoms with E-state index < -0.39 is 0 Å². The lowest BCUT2D eigenvalue weighted by Gasteiger charge is -2.14. The summed E-state index contributed by atoms with van der Waals surface area (Å²) >= 11 is 2.55. The summed E-state index contributed by atoms with van der Waals surface area (Å²) in [6.07, 6.45) is 0.937. The van der Waals surface area contributed by atoms with Gasteiger partial charge in [-0.15, -0.1) is 0 Å². The van der Waals surface area contributed by atoms with E-state index in [-0.39, 0.29) is 0 Å². The van der Waals surface area contributed by atoms with Gasteiger partial charge in [-0.3, -0.25) is 0 Å². The summed E-state index contributed by atoms with van der Waals surface area (Å²) in [5.41, 5.74) is 16.8. The topological polar surface area (TPSA) is 4.93 Å². The number of hydrogen-bond donors (Lipinski definition) is 0. The molecule has 0 amide bonds. The van der Waals surface area contributed by atoms with E-state index in [0.717, 1.165) is 6.42 Å². The molecule has 0 atom stereocenters. The van der Waals surface area contributed by atoms with Crippen LogP contribution in [0.25, 0.3) is 72.0 Å². The number of nitrogens with zero attached hydrogens (tertiary/aromatic N) is 1. The normalized spacial score (nSPS) is 12.0. The van der Waals surface area contributed by atoms with E-state index in [1.165, 1.54) is 86.7 Å². The Kier molecular flexibility index (Phi) is 6.24. The van der Waals surface area contributed by atoms with E-state index in [9.17, 15) is 0 Å². The summed E-state index contributed by atoms with van der Waals surface area (Å²) in [6, 6.07) is 57.7. The van der Waals surface area contributed by atoms with Crippen LogP contribution in [0.5, 0.6) is 0 Å². The molecule has 1 aromatic heterocycles. The highest BCUT2D eigenvalue weighted by Crippen LogP contribution is 2.48. The molecule has 212 valence electrons. The van der Waals surface area contributed by atoms with Crippen LogP contribution >= 0.6 is 22.6 Å². The second-order valence-corrected chi connectivity index (χ2v) is 13.0. The van der Waals surface area contributed by atoms with Crippen LogP contribution in [0.2, 0.25) is 0 Å². The van der Waals surface area contributed by atoms with Gasteiger partial charge in [0, 0.05) is 26.5 Å². The van der Waals surface area contributed by atoms with E-state index in [2.05, 4.69) is 185 Å². The quantitative estimate of drug-likeness (QED) is 0.163. The van der Waals surface area contributed by atoms with Crippen LogP contribution in [-0.2, 0) is 6.42 Å². The summed E-state index contributed by atoms with van der Waals surface area (Å²) < 4.78 is 3.72. The van der Waals surface area contributed by atoms with E-state index >= 15 is 0 Å². The maximum atomic E-state index is 2.55. The largest absolute Gasteiger partial charge is 0.309 e. The lowest BCUT2D eigenvalue weighted by atomic mass is 9.90. The third-order valence-electron chi connectivity index (χ3n) is 9.30. The molecule has 0 saturated carbocycles. The zero-order valence-electron chi connectivity index (χ0n) is 24.5. The van der Waals surface area contributed by atoms with Gasteiger partial charge in [0.15, 0.2) is 0 Å². The second kappa shape index (κ2) is 10.6. The van der Waals surface area contributed by atoms with Gasteiger partial charge in [0.1, 0.15) is 0 Å². The Morgan fingerprint density at radius 2 is 0.956 bits per heavy atom. The molecule has 0 N–H and O–H groups in total. The first-order chi connectivity index (χ1) is 22.2. The third kappa shape index (κ3) is 4.35. The molecule has 0 unspecified atom stereocenters. The Morgan fingerprint density at radius 1 is 0.400 bits per heavy atom. The molecule has 7 aromatic carbocycles. The summed E-state index contributed by atoms with van der Waals surface area (Å²) in [6.45, 7) is 0. The fraction of sp³-hybridized carbons (Fsp3) is 0.0233. The molecule has 45 heavy (non-hydrogen) atoms. The summed E-state index contributed by atoms with van der Waals surface area (Å²) in [5.74, 6) is 0. The fourth-order valence-electron chi connectivity index (χ4n) is 7.18. The maximum Gasteiger partial charge on any atom is 0.0541 e. The van der Waals surface area contributed by atoms with E-state index in [0.29, 0.717) is 0 Å². The van der Waals surface area contributed by atoms with Crippen LogP contribution in [-0.4, -0.2) is 4.57 Å². The average molecular weight is 686 g/mol. The monoisotopic (exact) mass is 685 g/mol. The van der Waals surface area contributed by atoms with Gasteiger partial charge in [-0.05, 0) is 133 Å². The molecule has 0 fully saturated rings. The Balaban J connectivity index is 1.29. The van der Waals surface area contributed by atoms with E-state index in [1.807, 2.05) is 0 Å². The van der Waals surface area contributed by atoms with E-state index in [4.69, 9.17) is 0 Å². The van der Waals surface area contributed by atoms with Crippen LogP contribution in [0.4, 0.5) is 0 Å². The van der Waals surface area contributed by atoms with Crippen LogP contribution < -0.4 is 0 Å². The molecule has 0 radical (unpaired) electrons. The van der Waals surface area contributed by atoms with Crippen LogP contribution in [0.3, 0.4) is 0 Å². The van der Waals surface area contributed by atoms with Crippen molar-refractivity contribution in [3.8, 4) is 50.2 Å². The van der Waals surface area contributed by atoms with Crippen LogP contribution in [0, 0.1) is 3.57 Å². The van der Waals surface area contributed by atoms with Crippen molar-refractivity contribution in [2.75, 3.05) is 0 Å². The number of aromatic nitrogens is 1. The van der Waals surface area contributed by atoms with Gasteiger partial charge in [0.05, 0.1) is 11.0 Å². The summed E-state index contributed by atoms with van der Waals surface area (Å²) in [5, 5.41) is 2.56. The van der Waals surface area contributed by atoms with Crippen molar-refractivity contribution in [1.82, 2.24) is 4.57 Å². The number of para-hydroxylation sites is 2. The predicted molar refractivity (Wildman–Crippen MR) is 198 cm³/mol. The van der Waals surface area contributed by atoms with Crippen LogP contribution in [0.15, 0.2) is 158 Å². The lowest BCUT2D eigenvalue weighted by Crippen LogP contribution is -1.93. The molecule has 1 aliphatic carbocycles. The first kappa shape index (κ1) is 26.5.